The molecule has 1 aliphatic heterocycles. The van der Waals surface area contributed by atoms with Gasteiger partial charge in [-0.2, -0.15) is 0 Å². The third kappa shape index (κ3) is 9.11. The third-order valence-corrected chi connectivity index (χ3v) is 3.33. The molecule has 0 fully saturated rings. The molecule has 0 aromatic carbocycles. The molecule has 0 aromatic rings. The molecule has 3 N–H and O–H groups in total. The summed E-state index contributed by atoms with van der Waals surface area (Å²) in [5, 5.41) is 14.0. The Hall–Kier alpha value is 0.720. The number of phosphoric acid groups is 1. The Kier molecular flexibility index (Phi) is 15.0. The second-order valence-corrected chi connectivity index (χ2v) is 5.66. The van der Waals surface area contributed by atoms with Crippen molar-refractivity contribution < 1.29 is 93.1 Å². The Bertz CT molecular complexity index is 475. The van der Waals surface area contributed by atoms with E-state index in [2.05, 4.69) is 10.3 Å². The second kappa shape index (κ2) is 12.1. The Labute approximate surface area is 179 Å². The monoisotopic (exact) mass is 368 g/mol. The van der Waals surface area contributed by atoms with E-state index in [1.54, 1.807) is 6.92 Å². The molecule has 0 radical (unpaired) electrons. The van der Waals surface area contributed by atoms with E-state index in [-0.39, 0.29) is 65.0 Å². The maximum Gasteiger partial charge on any atom is 1.00 e. The van der Waals surface area contributed by atoms with E-state index in [1.807, 2.05) is 13.8 Å². The van der Waals surface area contributed by atoms with Crippen molar-refractivity contribution in [2.24, 2.45) is 16.3 Å². The number of hydrogen-bond acceptors (Lipinski definition) is 5. The van der Waals surface area contributed by atoms with E-state index in [1.165, 1.54) is 0 Å². The Morgan fingerprint density at radius 2 is 1.74 bits per heavy atom. The standard InChI is InChI=1S/C11H18N2O3.2Na.H3O4P/c1-4-6-7(3)11(5-2)8(14)12-10(16)13-9(11)15;;;1-5(2,3)4/h7H,4-6H2,1-3H3,(H2,12,13,14,15,16);;;(H3,1,2,3,4)/q;2*+1;/p-2. The minimum Gasteiger partial charge on any atom is -0.861 e. The Morgan fingerprint density at radius 1 is 1.30 bits per heavy atom. The van der Waals surface area contributed by atoms with Crippen molar-refractivity contribution in [1.29, 1.82) is 0 Å². The predicted molar refractivity (Wildman–Crippen MR) is 69.8 cm³/mol. The maximum absolute atomic E-state index is 11.9. The van der Waals surface area contributed by atoms with Crippen molar-refractivity contribution in [1.82, 2.24) is 5.32 Å². The van der Waals surface area contributed by atoms with Crippen LogP contribution in [0.1, 0.15) is 40.0 Å². The molecular formula is C11H19N2Na2O7P. The number of hydrogen-bond donors (Lipinski definition) is 3. The number of rotatable bonds is 4. The SMILES string of the molecule is CCCC(C)C1(CC)C(=O)NC(=O)N=C1[O-].O=P([O-])(O)O.[Na+].[Na+]. The van der Waals surface area contributed by atoms with Crippen LogP contribution in [0.4, 0.5) is 4.79 Å². The molecule has 9 nitrogen and oxygen atoms in total. The first-order chi connectivity index (χ1) is 9.48. The van der Waals surface area contributed by atoms with E-state index < -0.39 is 31.1 Å². The van der Waals surface area contributed by atoms with Crippen LogP contribution in [0.2, 0.25) is 0 Å². The van der Waals surface area contributed by atoms with Crippen molar-refractivity contribution in [2.45, 2.75) is 40.0 Å². The van der Waals surface area contributed by atoms with Crippen LogP contribution in [-0.2, 0) is 9.36 Å². The number of amides is 3. The summed E-state index contributed by atoms with van der Waals surface area (Å²) in [5.74, 6) is -1.20. The van der Waals surface area contributed by atoms with Crippen molar-refractivity contribution in [2.75, 3.05) is 0 Å². The zero-order valence-electron chi connectivity index (χ0n) is 14.0. The van der Waals surface area contributed by atoms with Crippen LogP contribution in [0.25, 0.3) is 0 Å². The summed E-state index contributed by atoms with van der Waals surface area (Å²) in [6, 6.07) is -0.845. The van der Waals surface area contributed by atoms with Crippen LogP contribution in [0.15, 0.2) is 4.99 Å². The molecule has 23 heavy (non-hydrogen) atoms. The normalized spacial score (nSPS) is 21.6. The summed E-state index contributed by atoms with van der Waals surface area (Å²) in [7, 11) is -4.89. The average molecular weight is 368 g/mol. The van der Waals surface area contributed by atoms with Gasteiger partial charge in [-0.05, 0) is 24.7 Å². The van der Waals surface area contributed by atoms with E-state index in [0.29, 0.717) is 6.42 Å². The minimum absolute atomic E-state index is 0. The van der Waals surface area contributed by atoms with Gasteiger partial charge in [-0.15, -0.1) is 0 Å². The van der Waals surface area contributed by atoms with Crippen molar-refractivity contribution in [3.8, 4) is 0 Å². The summed E-state index contributed by atoms with van der Waals surface area (Å²) < 4.78 is 8.77. The quantitative estimate of drug-likeness (QED) is 0.328. The van der Waals surface area contributed by atoms with E-state index in [9.17, 15) is 14.7 Å². The molecule has 1 rings (SSSR count). The fraction of sp³-hybridized carbons (Fsp3) is 0.727. The number of urea groups is 1. The molecule has 0 saturated heterocycles. The smallest absolute Gasteiger partial charge is 0.861 e. The third-order valence-electron chi connectivity index (χ3n) is 3.33. The summed E-state index contributed by atoms with van der Waals surface area (Å²) in [6.45, 7) is 5.62. The first-order valence-corrected chi connectivity index (χ1v) is 7.90. The zero-order chi connectivity index (χ0) is 16.8. The molecule has 122 valence electrons. The van der Waals surface area contributed by atoms with Crippen LogP contribution in [-0.4, -0.2) is 27.6 Å². The van der Waals surface area contributed by atoms with Gasteiger partial charge in [0.1, 0.15) is 0 Å². The van der Waals surface area contributed by atoms with Gasteiger partial charge in [0.05, 0.1) is 5.41 Å². The first-order valence-electron chi connectivity index (χ1n) is 6.37. The summed E-state index contributed by atoms with van der Waals surface area (Å²) in [6.07, 6.45) is 2.02. The van der Waals surface area contributed by atoms with Gasteiger partial charge < -0.3 is 19.8 Å². The summed E-state index contributed by atoms with van der Waals surface area (Å²) >= 11 is 0. The molecule has 3 amide bonds. The number of carbonyl (C=O) groups excluding carboxylic acids is 2. The average Bonchev–Trinajstić information content (AvgIpc) is 2.26. The zero-order valence-corrected chi connectivity index (χ0v) is 18.9. The number of nitrogens with one attached hydrogen (secondary N) is 1. The fourth-order valence-corrected chi connectivity index (χ4v) is 2.30. The minimum atomic E-state index is -4.89. The Morgan fingerprint density at radius 3 is 2.04 bits per heavy atom. The molecule has 0 bridgehead atoms. The predicted octanol–water partition coefficient (Wildman–Crippen LogP) is -6.72. The van der Waals surface area contributed by atoms with Crippen LogP contribution < -0.4 is 74.4 Å². The van der Waals surface area contributed by atoms with Crippen LogP contribution >= 0.6 is 7.82 Å². The van der Waals surface area contributed by atoms with Crippen molar-refractivity contribution in [3.63, 3.8) is 0 Å². The number of nitrogens with zero attached hydrogens (tertiary/aromatic N) is 1. The van der Waals surface area contributed by atoms with E-state index in [0.717, 1.165) is 12.8 Å². The van der Waals surface area contributed by atoms with Crippen molar-refractivity contribution >= 4 is 25.7 Å². The first kappa shape index (κ1) is 28.5. The van der Waals surface area contributed by atoms with Gasteiger partial charge in [-0.3, -0.25) is 14.7 Å². The van der Waals surface area contributed by atoms with Gasteiger partial charge in [0, 0.05) is 0 Å². The molecule has 0 aromatic heterocycles. The van der Waals surface area contributed by atoms with Crippen LogP contribution in [0.3, 0.4) is 0 Å². The Balaban J connectivity index is -0.000000502. The van der Waals surface area contributed by atoms with Gasteiger partial charge >= 0.3 is 65.1 Å². The molecule has 2 atom stereocenters. The van der Waals surface area contributed by atoms with Crippen LogP contribution in [0, 0.1) is 11.3 Å². The second-order valence-electron chi connectivity index (χ2n) is 4.68. The topological polar surface area (TPSA) is 162 Å². The molecule has 2 unspecified atom stereocenters. The maximum atomic E-state index is 11.9. The van der Waals surface area contributed by atoms with Gasteiger partial charge in [0.25, 0.3) is 7.82 Å². The number of carbonyl (C=O) groups is 2. The molecule has 0 saturated carbocycles. The van der Waals surface area contributed by atoms with Gasteiger partial charge in [-0.25, -0.2) is 9.79 Å². The molecule has 0 aliphatic carbocycles. The summed E-state index contributed by atoms with van der Waals surface area (Å²) in [4.78, 5) is 49.1. The number of aliphatic imine (C=N–C) groups is 1. The van der Waals surface area contributed by atoms with Gasteiger partial charge in [-0.1, -0.05) is 27.2 Å². The van der Waals surface area contributed by atoms with Crippen molar-refractivity contribution in [3.05, 3.63) is 0 Å². The molecule has 0 spiro atoms. The molecular weight excluding hydrogens is 349 g/mol. The number of imide groups is 1. The van der Waals surface area contributed by atoms with Crippen LogP contribution in [0.5, 0.6) is 0 Å². The molecule has 1 heterocycles. The fourth-order valence-electron chi connectivity index (χ4n) is 2.30. The van der Waals surface area contributed by atoms with E-state index in [4.69, 9.17) is 19.2 Å². The summed E-state index contributed by atoms with van der Waals surface area (Å²) in [5.41, 5.74) is -1.15. The molecule has 1 aliphatic rings. The molecule has 12 heteroatoms. The van der Waals surface area contributed by atoms with E-state index >= 15 is 0 Å². The van der Waals surface area contributed by atoms with Gasteiger partial charge in [0.15, 0.2) is 0 Å². The largest absolute Gasteiger partial charge is 1.00 e. The van der Waals surface area contributed by atoms with Gasteiger partial charge in [0.2, 0.25) is 5.91 Å².